The van der Waals surface area contributed by atoms with Gasteiger partial charge in [0.05, 0.1) is 5.39 Å². The Morgan fingerprint density at radius 3 is 2.96 bits per heavy atom. The number of nitrogens with one attached hydrogen (secondary N) is 2. The Bertz CT molecular complexity index is 989. The van der Waals surface area contributed by atoms with E-state index in [2.05, 4.69) is 60.8 Å². The predicted molar refractivity (Wildman–Crippen MR) is 114 cm³/mol. The quantitative estimate of drug-likeness (QED) is 0.646. The number of H-pyrrole nitrogens is 1. The molecule has 0 aliphatic carbocycles. The fourth-order valence-corrected chi connectivity index (χ4v) is 3.73. The van der Waals surface area contributed by atoms with E-state index in [-0.39, 0.29) is 0 Å². The van der Waals surface area contributed by atoms with Gasteiger partial charge < -0.3 is 20.1 Å². The van der Waals surface area contributed by atoms with E-state index in [4.69, 9.17) is 0 Å². The highest BCUT2D eigenvalue weighted by atomic mass is 15.3. The zero-order valence-corrected chi connectivity index (χ0v) is 16.3. The van der Waals surface area contributed by atoms with Crippen molar-refractivity contribution in [1.82, 2.24) is 25.3 Å². The SMILES string of the molecule is C=C/C(=C\NC)c1ccc(N(C)C2CCN(c3ncnc4[nH]ccc34)C2)nc1. The summed E-state index contributed by atoms with van der Waals surface area (Å²) in [4.78, 5) is 21.2. The van der Waals surface area contributed by atoms with E-state index in [1.807, 2.05) is 37.8 Å². The summed E-state index contributed by atoms with van der Waals surface area (Å²) in [6.07, 6.45) is 10.3. The molecule has 144 valence electrons. The molecule has 0 radical (unpaired) electrons. The van der Waals surface area contributed by atoms with Crippen LogP contribution in [-0.2, 0) is 0 Å². The lowest BCUT2D eigenvalue weighted by molar-refractivity contribution is 0.684. The van der Waals surface area contributed by atoms with Crippen LogP contribution in [0.15, 0.2) is 55.8 Å². The van der Waals surface area contributed by atoms with Crippen molar-refractivity contribution in [2.24, 2.45) is 0 Å². The average Bonchev–Trinajstić information content (AvgIpc) is 3.41. The molecule has 0 saturated carbocycles. The molecule has 3 aromatic heterocycles. The van der Waals surface area contributed by atoms with Crippen LogP contribution >= 0.6 is 0 Å². The summed E-state index contributed by atoms with van der Waals surface area (Å²) in [6.45, 7) is 5.75. The minimum absolute atomic E-state index is 0.383. The van der Waals surface area contributed by atoms with E-state index in [1.54, 1.807) is 6.33 Å². The van der Waals surface area contributed by atoms with E-state index in [0.29, 0.717) is 6.04 Å². The first-order valence-corrected chi connectivity index (χ1v) is 9.43. The normalized spacial score (nSPS) is 17.1. The number of hydrogen-bond donors (Lipinski definition) is 2. The third-order valence-electron chi connectivity index (χ3n) is 5.31. The van der Waals surface area contributed by atoms with E-state index in [0.717, 1.165) is 53.3 Å². The van der Waals surface area contributed by atoms with Gasteiger partial charge in [-0.15, -0.1) is 0 Å². The van der Waals surface area contributed by atoms with Gasteiger partial charge in [-0.25, -0.2) is 15.0 Å². The Balaban J connectivity index is 1.49. The zero-order chi connectivity index (χ0) is 19.5. The van der Waals surface area contributed by atoms with Gasteiger partial charge in [-0.3, -0.25) is 0 Å². The van der Waals surface area contributed by atoms with Gasteiger partial charge in [-0.2, -0.15) is 0 Å². The van der Waals surface area contributed by atoms with Crippen LogP contribution in [0.25, 0.3) is 16.6 Å². The van der Waals surface area contributed by atoms with Crippen molar-refractivity contribution in [2.75, 3.05) is 37.0 Å². The first-order valence-electron chi connectivity index (χ1n) is 9.43. The molecule has 0 bridgehead atoms. The lowest BCUT2D eigenvalue weighted by Gasteiger charge is -2.26. The van der Waals surface area contributed by atoms with Gasteiger partial charge in [0.25, 0.3) is 0 Å². The topological polar surface area (TPSA) is 73.0 Å². The van der Waals surface area contributed by atoms with Gasteiger partial charge in [0.1, 0.15) is 23.6 Å². The van der Waals surface area contributed by atoms with Crippen molar-refractivity contribution in [1.29, 1.82) is 0 Å². The third kappa shape index (κ3) is 3.31. The maximum atomic E-state index is 4.67. The van der Waals surface area contributed by atoms with Crippen molar-refractivity contribution < 1.29 is 0 Å². The summed E-state index contributed by atoms with van der Waals surface area (Å²) in [6, 6.07) is 6.58. The fraction of sp³-hybridized carbons (Fsp3) is 0.286. The van der Waals surface area contributed by atoms with Crippen molar-refractivity contribution >= 4 is 28.2 Å². The number of aromatic nitrogens is 4. The first kappa shape index (κ1) is 18.0. The second-order valence-electron chi connectivity index (χ2n) is 6.93. The lowest BCUT2D eigenvalue weighted by atomic mass is 10.1. The van der Waals surface area contributed by atoms with Crippen LogP contribution in [0.2, 0.25) is 0 Å². The molecule has 1 fully saturated rings. The highest BCUT2D eigenvalue weighted by Crippen LogP contribution is 2.28. The number of fused-ring (bicyclic) bond motifs is 1. The molecule has 4 heterocycles. The summed E-state index contributed by atoms with van der Waals surface area (Å²) in [7, 11) is 3.99. The van der Waals surface area contributed by atoms with Gasteiger partial charge in [0, 0.05) is 57.4 Å². The second-order valence-corrected chi connectivity index (χ2v) is 6.93. The molecule has 4 rings (SSSR count). The summed E-state index contributed by atoms with van der Waals surface area (Å²) < 4.78 is 0. The molecular weight excluding hydrogens is 350 g/mol. The number of rotatable bonds is 6. The number of likely N-dealkylation sites (N-methyl/N-ethyl adjacent to an activating group) is 1. The van der Waals surface area contributed by atoms with Gasteiger partial charge in [-0.1, -0.05) is 12.7 Å². The second kappa shape index (κ2) is 7.72. The minimum Gasteiger partial charge on any atom is -0.393 e. The van der Waals surface area contributed by atoms with Gasteiger partial charge in [-0.05, 0) is 30.2 Å². The molecule has 7 heteroatoms. The van der Waals surface area contributed by atoms with Crippen molar-refractivity contribution in [3.05, 3.63) is 61.3 Å². The van der Waals surface area contributed by atoms with Crippen LogP contribution in [0.1, 0.15) is 12.0 Å². The van der Waals surface area contributed by atoms with Gasteiger partial charge in [0.2, 0.25) is 0 Å². The Morgan fingerprint density at radius 2 is 2.21 bits per heavy atom. The van der Waals surface area contributed by atoms with E-state index in [1.165, 1.54) is 0 Å². The largest absolute Gasteiger partial charge is 0.393 e. The number of nitrogens with zero attached hydrogens (tertiary/aromatic N) is 5. The molecule has 1 atom stereocenters. The predicted octanol–water partition coefficient (Wildman–Crippen LogP) is 2.81. The summed E-state index contributed by atoms with van der Waals surface area (Å²) in [5, 5.41) is 4.11. The number of pyridine rings is 1. The molecule has 1 aliphatic rings. The summed E-state index contributed by atoms with van der Waals surface area (Å²) in [5.74, 6) is 1.97. The molecule has 1 aliphatic heterocycles. The molecular formula is C21H25N7. The van der Waals surface area contributed by atoms with E-state index >= 15 is 0 Å². The van der Waals surface area contributed by atoms with Crippen molar-refractivity contribution in [3.63, 3.8) is 0 Å². The van der Waals surface area contributed by atoms with E-state index < -0.39 is 0 Å². The first-order chi connectivity index (χ1) is 13.7. The van der Waals surface area contributed by atoms with Gasteiger partial charge in [0.15, 0.2) is 0 Å². The minimum atomic E-state index is 0.383. The van der Waals surface area contributed by atoms with Crippen LogP contribution < -0.4 is 15.1 Å². The number of allylic oxidation sites excluding steroid dienone is 2. The number of hydrogen-bond acceptors (Lipinski definition) is 6. The van der Waals surface area contributed by atoms with Crippen LogP contribution in [0.3, 0.4) is 0 Å². The monoisotopic (exact) mass is 375 g/mol. The fourth-order valence-electron chi connectivity index (χ4n) is 3.73. The van der Waals surface area contributed by atoms with Crippen LogP contribution in [0.4, 0.5) is 11.6 Å². The highest BCUT2D eigenvalue weighted by Gasteiger charge is 2.28. The van der Waals surface area contributed by atoms with E-state index in [9.17, 15) is 0 Å². The number of aromatic amines is 1. The molecule has 28 heavy (non-hydrogen) atoms. The zero-order valence-electron chi connectivity index (χ0n) is 16.3. The molecule has 0 spiro atoms. The third-order valence-corrected chi connectivity index (χ3v) is 5.31. The van der Waals surface area contributed by atoms with Gasteiger partial charge >= 0.3 is 0 Å². The molecule has 0 aromatic carbocycles. The maximum absolute atomic E-state index is 4.67. The summed E-state index contributed by atoms with van der Waals surface area (Å²) >= 11 is 0. The standard InChI is InChI=1S/C21H25N7/c1-4-15(11-22-2)16-5-6-19(24-12-16)27(3)17-8-10-28(13-17)21-18-7-9-23-20(18)25-14-26-21/h4-7,9,11-12,14,17,22H,1,8,10,13H2,2-3H3,(H,23,25,26)/b15-11+. The molecule has 0 amide bonds. The number of anilines is 2. The Kier molecular flexibility index (Phi) is 4.97. The lowest BCUT2D eigenvalue weighted by Crippen LogP contribution is -2.35. The Labute approximate surface area is 164 Å². The van der Waals surface area contributed by atoms with Crippen LogP contribution in [-0.4, -0.2) is 53.2 Å². The smallest absolute Gasteiger partial charge is 0.142 e. The molecule has 1 saturated heterocycles. The van der Waals surface area contributed by atoms with Crippen LogP contribution in [0, 0.1) is 0 Å². The molecule has 2 N–H and O–H groups in total. The average molecular weight is 375 g/mol. The molecule has 7 nitrogen and oxygen atoms in total. The van der Waals surface area contributed by atoms with Crippen molar-refractivity contribution in [3.8, 4) is 0 Å². The molecule has 1 unspecified atom stereocenters. The highest BCUT2D eigenvalue weighted by molar-refractivity contribution is 5.87. The Hall–Kier alpha value is -3.35. The van der Waals surface area contributed by atoms with Crippen molar-refractivity contribution in [2.45, 2.75) is 12.5 Å². The summed E-state index contributed by atoms with van der Waals surface area (Å²) in [5.41, 5.74) is 2.95. The van der Waals surface area contributed by atoms with Crippen LogP contribution in [0.5, 0.6) is 0 Å². The Morgan fingerprint density at radius 1 is 1.32 bits per heavy atom. The maximum Gasteiger partial charge on any atom is 0.142 e. The molecule has 3 aromatic rings.